The fourth-order valence-electron chi connectivity index (χ4n) is 6.47. The predicted octanol–water partition coefficient (Wildman–Crippen LogP) is 6.04. The molecule has 0 amide bonds. The minimum atomic E-state index is 0.222. The highest BCUT2D eigenvalue weighted by Crippen LogP contribution is 2.46. The van der Waals surface area contributed by atoms with Gasteiger partial charge in [-0.25, -0.2) is 0 Å². The number of ether oxygens (including phenoxy) is 1. The lowest BCUT2D eigenvalue weighted by atomic mass is 9.72. The van der Waals surface area contributed by atoms with Crippen LogP contribution < -0.4 is 5.32 Å². The van der Waals surface area contributed by atoms with Gasteiger partial charge in [-0.3, -0.25) is 0 Å². The number of hydrogen-bond acceptors (Lipinski definition) is 4. The summed E-state index contributed by atoms with van der Waals surface area (Å²) in [7, 11) is 0. The number of piperazine rings is 1. The molecule has 2 fully saturated rings. The van der Waals surface area contributed by atoms with E-state index in [2.05, 4.69) is 77.9 Å². The lowest BCUT2D eigenvalue weighted by Crippen LogP contribution is -2.43. The maximum Gasteiger partial charge on any atom is 0.105 e. The molecule has 2 aliphatic carbocycles. The number of allylic oxidation sites excluding steroid dienone is 8. The molecule has 2 N–H and O–H groups in total. The van der Waals surface area contributed by atoms with Crippen LogP contribution in [0.2, 0.25) is 0 Å². The quantitative estimate of drug-likeness (QED) is 0.434. The minimum absolute atomic E-state index is 0.222. The monoisotopic (exact) mass is 500 g/mol. The largest absolute Gasteiger partial charge is 0.494 e. The fraction of sp³-hybridized carbons (Fsp3) is 0.515. The molecule has 0 radical (unpaired) electrons. The van der Waals surface area contributed by atoms with Crippen molar-refractivity contribution in [3.8, 4) is 0 Å². The molecular formula is C33H44N2O2. The molecule has 1 aromatic carbocycles. The van der Waals surface area contributed by atoms with Gasteiger partial charge >= 0.3 is 0 Å². The lowest BCUT2D eigenvalue weighted by molar-refractivity contribution is 0.0646. The highest BCUT2D eigenvalue weighted by atomic mass is 16.5. The fourth-order valence-corrected chi connectivity index (χ4v) is 6.47. The molecule has 5 rings (SSSR count). The van der Waals surface area contributed by atoms with Crippen LogP contribution in [-0.2, 0) is 4.74 Å². The van der Waals surface area contributed by atoms with Crippen LogP contribution in [0.15, 0.2) is 83.2 Å². The van der Waals surface area contributed by atoms with Crippen LogP contribution in [0, 0.1) is 11.8 Å². The number of hydrogen-bond donors (Lipinski definition) is 2. The summed E-state index contributed by atoms with van der Waals surface area (Å²) in [5, 5.41) is 13.2. The number of fused-ring (bicyclic) bond motifs is 1. The summed E-state index contributed by atoms with van der Waals surface area (Å²) in [4.78, 5) is 2.56. The van der Waals surface area contributed by atoms with Crippen LogP contribution in [0.1, 0.15) is 57.4 Å². The predicted molar refractivity (Wildman–Crippen MR) is 153 cm³/mol. The second kappa shape index (κ2) is 12.9. The first-order chi connectivity index (χ1) is 18.2. The van der Waals surface area contributed by atoms with Crippen LogP contribution >= 0.6 is 0 Å². The van der Waals surface area contributed by atoms with Gasteiger partial charge < -0.3 is 20.1 Å². The van der Waals surface area contributed by atoms with Crippen molar-refractivity contribution in [1.82, 2.24) is 10.2 Å². The number of aliphatic hydroxyl groups excluding tert-OH is 1. The normalized spacial score (nSPS) is 26.9. The van der Waals surface area contributed by atoms with Gasteiger partial charge in [-0.1, -0.05) is 60.2 Å². The minimum Gasteiger partial charge on any atom is -0.494 e. The Bertz CT molecular complexity index is 1060. The van der Waals surface area contributed by atoms with E-state index in [1.807, 2.05) is 0 Å². The van der Waals surface area contributed by atoms with Gasteiger partial charge in [0.1, 0.15) is 6.10 Å². The smallest absolute Gasteiger partial charge is 0.105 e. The topological polar surface area (TPSA) is 44.7 Å². The van der Waals surface area contributed by atoms with E-state index in [0.717, 1.165) is 77.7 Å². The molecule has 3 atom stereocenters. The summed E-state index contributed by atoms with van der Waals surface area (Å²) in [6, 6.07) is 10.9. The molecule has 198 valence electrons. The highest BCUT2D eigenvalue weighted by Gasteiger charge is 2.37. The molecule has 0 aromatic heterocycles. The molecular weight excluding hydrogens is 456 g/mol. The number of nitrogens with zero attached hydrogens (tertiary/aromatic N) is 1. The molecule has 0 bridgehead atoms. The molecule has 4 heteroatoms. The summed E-state index contributed by atoms with van der Waals surface area (Å²) in [6.07, 6.45) is 19.2. The van der Waals surface area contributed by atoms with Crippen LogP contribution in [0.25, 0.3) is 5.57 Å². The van der Waals surface area contributed by atoms with E-state index in [0.29, 0.717) is 17.9 Å². The third-order valence-corrected chi connectivity index (χ3v) is 8.46. The van der Waals surface area contributed by atoms with Gasteiger partial charge in [0.15, 0.2) is 0 Å². The molecule has 4 nitrogen and oxygen atoms in total. The maximum absolute atomic E-state index is 9.75. The summed E-state index contributed by atoms with van der Waals surface area (Å²) in [6.45, 7) is 8.02. The molecule has 1 aromatic rings. The van der Waals surface area contributed by atoms with Crippen LogP contribution in [0.5, 0.6) is 0 Å². The van der Waals surface area contributed by atoms with E-state index in [9.17, 15) is 5.11 Å². The Morgan fingerprint density at radius 3 is 2.76 bits per heavy atom. The maximum atomic E-state index is 9.75. The van der Waals surface area contributed by atoms with Gasteiger partial charge in [0.05, 0.1) is 5.76 Å². The van der Waals surface area contributed by atoms with Crippen LogP contribution in [-0.4, -0.2) is 55.4 Å². The number of rotatable bonds is 9. The standard InChI is InChI=1S/C33H44N2O2/c1-25-7-5-10-27(13-12-25)33(31(11-6-22-36)26-8-3-2-4-9-26)28-14-15-32-29(23-28)24-30(37-32)16-19-35-20-17-34-18-21-35/h2-5,8-10,12-13,24,28-29,32,34,36H,6-7,11,14-23H2,1H3/b33-31-/t28?,29?,32-/m0/s1. The molecule has 2 aliphatic heterocycles. The summed E-state index contributed by atoms with van der Waals surface area (Å²) in [5.74, 6) is 2.20. The zero-order valence-electron chi connectivity index (χ0n) is 22.5. The summed E-state index contributed by atoms with van der Waals surface area (Å²) >= 11 is 0. The van der Waals surface area contributed by atoms with Crippen molar-refractivity contribution in [3.63, 3.8) is 0 Å². The third-order valence-electron chi connectivity index (χ3n) is 8.46. The van der Waals surface area contributed by atoms with Crippen LogP contribution in [0.3, 0.4) is 0 Å². The van der Waals surface area contributed by atoms with E-state index in [-0.39, 0.29) is 6.61 Å². The van der Waals surface area contributed by atoms with Crippen molar-refractivity contribution in [2.75, 3.05) is 39.3 Å². The molecule has 37 heavy (non-hydrogen) atoms. The summed E-state index contributed by atoms with van der Waals surface area (Å²) < 4.78 is 6.51. The van der Waals surface area contributed by atoms with Crippen molar-refractivity contribution in [1.29, 1.82) is 0 Å². The van der Waals surface area contributed by atoms with Crippen molar-refractivity contribution in [2.45, 2.75) is 58.0 Å². The van der Waals surface area contributed by atoms with Crippen molar-refractivity contribution in [2.24, 2.45) is 11.8 Å². The molecule has 1 saturated carbocycles. The SMILES string of the molecule is CC1=CC=C(/C(=C(\CCCO)c2ccccc2)C2CC[C@@H]3OC(CCN4CCNCC4)=CC3C2)C=CC1. The summed E-state index contributed by atoms with van der Waals surface area (Å²) in [5.41, 5.74) is 6.93. The number of aliphatic hydroxyl groups is 1. The van der Waals surface area contributed by atoms with E-state index in [4.69, 9.17) is 4.74 Å². The Morgan fingerprint density at radius 1 is 1.11 bits per heavy atom. The van der Waals surface area contributed by atoms with E-state index >= 15 is 0 Å². The Labute approximate surface area is 223 Å². The van der Waals surface area contributed by atoms with Gasteiger partial charge in [0.25, 0.3) is 0 Å². The van der Waals surface area contributed by atoms with E-state index in [1.165, 1.54) is 33.6 Å². The average Bonchev–Trinajstić information content (AvgIpc) is 3.23. The second-order valence-corrected chi connectivity index (χ2v) is 11.1. The Kier molecular flexibility index (Phi) is 9.14. The van der Waals surface area contributed by atoms with Crippen molar-refractivity contribution in [3.05, 3.63) is 88.8 Å². The van der Waals surface area contributed by atoms with E-state index < -0.39 is 0 Å². The zero-order chi connectivity index (χ0) is 25.5. The Hall–Kier alpha value is -2.40. The first kappa shape index (κ1) is 26.2. The van der Waals surface area contributed by atoms with Gasteiger partial charge in [-0.15, -0.1) is 0 Å². The van der Waals surface area contributed by atoms with Gasteiger partial charge in [-0.2, -0.15) is 0 Å². The molecule has 0 spiro atoms. The lowest BCUT2D eigenvalue weighted by Gasteiger charge is -2.34. The molecule has 4 aliphatic rings. The Morgan fingerprint density at radius 2 is 1.95 bits per heavy atom. The number of benzene rings is 1. The third kappa shape index (κ3) is 6.73. The van der Waals surface area contributed by atoms with E-state index in [1.54, 1.807) is 0 Å². The number of nitrogens with one attached hydrogen (secondary N) is 1. The second-order valence-electron chi connectivity index (χ2n) is 11.1. The van der Waals surface area contributed by atoms with Crippen molar-refractivity contribution >= 4 is 5.57 Å². The zero-order valence-corrected chi connectivity index (χ0v) is 22.5. The Balaban J connectivity index is 1.42. The first-order valence-corrected chi connectivity index (χ1v) is 14.5. The molecule has 2 unspecified atom stereocenters. The van der Waals surface area contributed by atoms with Crippen molar-refractivity contribution < 1.29 is 9.84 Å². The van der Waals surface area contributed by atoms with Gasteiger partial charge in [-0.05, 0) is 79.7 Å². The van der Waals surface area contributed by atoms with Gasteiger partial charge in [0, 0.05) is 51.7 Å². The first-order valence-electron chi connectivity index (χ1n) is 14.5. The molecule has 2 heterocycles. The molecule has 1 saturated heterocycles. The highest BCUT2D eigenvalue weighted by molar-refractivity contribution is 5.74. The van der Waals surface area contributed by atoms with Crippen LogP contribution in [0.4, 0.5) is 0 Å². The van der Waals surface area contributed by atoms with Gasteiger partial charge in [0.2, 0.25) is 0 Å². The average molecular weight is 501 g/mol.